The van der Waals surface area contributed by atoms with Crippen molar-refractivity contribution in [3.05, 3.63) is 44.9 Å². The average molecular weight is 494 g/mol. The molecular weight excluding hydrogens is 476 g/mol. The molecule has 0 aliphatic heterocycles. The second kappa shape index (κ2) is 8.19. The minimum absolute atomic E-state index is 0.0381. The topological polar surface area (TPSA) is 121 Å². The molecule has 0 bridgehead atoms. The first-order chi connectivity index (χ1) is 15.5. The van der Waals surface area contributed by atoms with Gasteiger partial charge in [0.1, 0.15) is 15.4 Å². The number of aryl methyl sites for hydroxylation is 2. The first kappa shape index (κ1) is 22.8. The van der Waals surface area contributed by atoms with Gasteiger partial charge in [0.05, 0.1) is 22.6 Å². The number of carbonyl (C=O) groups is 2. The summed E-state index contributed by atoms with van der Waals surface area (Å²) in [6, 6.07) is 1.22. The van der Waals surface area contributed by atoms with E-state index in [4.69, 9.17) is 17.3 Å². The van der Waals surface area contributed by atoms with Crippen LogP contribution in [0.15, 0.2) is 12.3 Å². The number of primary amides is 1. The van der Waals surface area contributed by atoms with E-state index in [2.05, 4.69) is 20.5 Å². The van der Waals surface area contributed by atoms with Gasteiger partial charge >= 0.3 is 0 Å². The standard InChI is InChI=1S/C20H18ClF2N7O2S/c1-7-10(6-25-29(7)3)9-5-11(17(22)23)26-20-12(9)14(16(33-20)18(24)31)27-19(32)15-13(21)8(2)30(4)28-15/h5-6,17H,1-4H3,(H2,24,31)(H,27,32). The van der Waals surface area contributed by atoms with Crippen molar-refractivity contribution in [2.45, 2.75) is 20.3 Å². The molecule has 4 heterocycles. The highest BCUT2D eigenvalue weighted by Crippen LogP contribution is 2.43. The van der Waals surface area contributed by atoms with Crippen molar-refractivity contribution in [1.82, 2.24) is 24.5 Å². The Labute approximate surface area is 195 Å². The summed E-state index contributed by atoms with van der Waals surface area (Å²) >= 11 is 7.05. The molecule has 0 aromatic carbocycles. The van der Waals surface area contributed by atoms with Gasteiger partial charge in [-0.1, -0.05) is 11.6 Å². The Balaban J connectivity index is 1.99. The van der Waals surface area contributed by atoms with Gasteiger partial charge in [0.25, 0.3) is 18.2 Å². The van der Waals surface area contributed by atoms with E-state index in [0.29, 0.717) is 27.9 Å². The number of nitrogens with one attached hydrogen (secondary N) is 1. The van der Waals surface area contributed by atoms with Gasteiger partial charge in [-0.25, -0.2) is 13.8 Å². The molecule has 2 amide bonds. The van der Waals surface area contributed by atoms with Crippen LogP contribution >= 0.6 is 22.9 Å². The molecule has 3 N–H and O–H groups in total. The molecule has 0 fully saturated rings. The van der Waals surface area contributed by atoms with Crippen LogP contribution in [-0.4, -0.2) is 36.4 Å². The van der Waals surface area contributed by atoms with Crippen LogP contribution < -0.4 is 11.1 Å². The van der Waals surface area contributed by atoms with E-state index in [9.17, 15) is 18.4 Å². The number of aromatic nitrogens is 5. The van der Waals surface area contributed by atoms with E-state index in [0.717, 1.165) is 11.3 Å². The molecule has 0 aliphatic rings. The van der Waals surface area contributed by atoms with Crippen LogP contribution in [0.3, 0.4) is 0 Å². The molecule has 4 rings (SSSR count). The maximum Gasteiger partial charge on any atom is 0.280 e. The third-order valence-corrected chi connectivity index (χ3v) is 6.92. The number of nitrogens with zero attached hydrogens (tertiary/aromatic N) is 5. The van der Waals surface area contributed by atoms with Crippen molar-refractivity contribution >= 4 is 50.7 Å². The fourth-order valence-electron chi connectivity index (χ4n) is 3.40. The van der Waals surface area contributed by atoms with Gasteiger partial charge in [0.2, 0.25) is 0 Å². The lowest BCUT2D eigenvalue weighted by atomic mass is 10.0. The molecule has 4 aromatic heterocycles. The number of thiophene rings is 1. The van der Waals surface area contributed by atoms with Crippen molar-refractivity contribution in [3.8, 4) is 11.1 Å². The molecular formula is C20H18ClF2N7O2S. The number of amides is 2. The predicted octanol–water partition coefficient (Wildman–Crippen LogP) is 3.99. The highest BCUT2D eigenvalue weighted by atomic mass is 35.5. The van der Waals surface area contributed by atoms with E-state index in [1.165, 1.54) is 16.9 Å². The fraction of sp³-hybridized carbons (Fsp3) is 0.250. The van der Waals surface area contributed by atoms with E-state index in [1.54, 1.807) is 32.6 Å². The van der Waals surface area contributed by atoms with Crippen LogP contribution in [0.1, 0.15) is 43.7 Å². The zero-order chi connectivity index (χ0) is 24.2. The number of pyridine rings is 1. The van der Waals surface area contributed by atoms with E-state index >= 15 is 0 Å². The highest BCUT2D eigenvalue weighted by molar-refractivity contribution is 7.21. The second-order valence-corrected chi connectivity index (χ2v) is 8.72. The smallest absolute Gasteiger partial charge is 0.280 e. The van der Waals surface area contributed by atoms with Gasteiger partial charge in [0, 0.05) is 30.7 Å². The molecule has 13 heteroatoms. The first-order valence-corrected chi connectivity index (χ1v) is 10.8. The number of nitrogens with two attached hydrogens (primary N) is 1. The molecule has 0 spiro atoms. The number of hydrogen-bond acceptors (Lipinski definition) is 6. The van der Waals surface area contributed by atoms with Crippen LogP contribution in [0.5, 0.6) is 0 Å². The summed E-state index contributed by atoms with van der Waals surface area (Å²) in [5.41, 5.74) is 7.22. The maximum atomic E-state index is 13.6. The lowest BCUT2D eigenvalue weighted by Crippen LogP contribution is -2.17. The highest BCUT2D eigenvalue weighted by Gasteiger charge is 2.27. The molecule has 0 saturated heterocycles. The van der Waals surface area contributed by atoms with Crippen molar-refractivity contribution in [1.29, 1.82) is 0 Å². The Morgan fingerprint density at radius 3 is 2.39 bits per heavy atom. The molecule has 9 nitrogen and oxygen atoms in total. The average Bonchev–Trinajstić information content (AvgIpc) is 3.37. The van der Waals surface area contributed by atoms with Crippen LogP contribution in [0.4, 0.5) is 14.5 Å². The van der Waals surface area contributed by atoms with Crippen LogP contribution in [0.25, 0.3) is 21.3 Å². The lowest BCUT2D eigenvalue weighted by molar-refractivity contribution is 0.100. The zero-order valence-corrected chi connectivity index (χ0v) is 19.5. The number of alkyl halides is 2. The quantitative estimate of drug-likeness (QED) is 0.435. The zero-order valence-electron chi connectivity index (χ0n) is 17.9. The molecule has 0 radical (unpaired) electrons. The number of carbonyl (C=O) groups excluding carboxylic acids is 2. The maximum absolute atomic E-state index is 13.6. The van der Waals surface area contributed by atoms with E-state index in [-0.39, 0.29) is 26.1 Å². The van der Waals surface area contributed by atoms with Crippen LogP contribution in [0, 0.1) is 13.8 Å². The molecule has 0 unspecified atom stereocenters. The number of anilines is 1. The van der Waals surface area contributed by atoms with Gasteiger partial charge in [-0.2, -0.15) is 10.2 Å². The Bertz CT molecular complexity index is 1440. The second-order valence-electron chi connectivity index (χ2n) is 7.34. The molecule has 0 atom stereocenters. The van der Waals surface area contributed by atoms with Gasteiger partial charge in [-0.3, -0.25) is 19.0 Å². The lowest BCUT2D eigenvalue weighted by Gasteiger charge is -2.10. The van der Waals surface area contributed by atoms with E-state index in [1.807, 2.05) is 0 Å². The van der Waals surface area contributed by atoms with Crippen molar-refractivity contribution in [2.24, 2.45) is 19.8 Å². The van der Waals surface area contributed by atoms with Gasteiger partial charge in [-0.05, 0) is 25.5 Å². The third kappa shape index (κ3) is 3.74. The number of hydrogen-bond donors (Lipinski definition) is 2. The van der Waals surface area contributed by atoms with Crippen molar-refractivity contribution in [2.75, 3.05) is 5.32 Å². The minimum atomic E-state index is -2.85. The molecule has 0 aliphatic carbocycles. The number of halogens is 3. The fourth-order valence-corrected chi connectivity index (χ4v) is 4.66. The van der Waals surface area contributed by atoms with Gasteiger partial charge in [-0.15, -0.1) is 11.3 Å². The monoisotopic (exact) mass is 493 g/mol. The summed E-state index contributed by atoms with van der Waals surface area (Å²) in [7, 11) is 3.34. The molecule has 33 heavy (non-hydrogen) atoms. The third-order valence-electron chi connectivity index (χ3n) is 5.37. The predicted molar refractivity (Wildman–Crippen MR) is 121 cm³/mol. The summed E-state index contributed by atoms with van der Waals surface area (Å²) in [4.78, 5) is 29.3. The summed E-state index contributed by atoms with van der Waals surface area (Å²) in [5, 5.41) is 11.4. The van der Waals surface area contributed by atoms with Crippen molar-refractivity contribution in [3.63, 3.8) is 0 Å². The molecule has 4 aromatic rings. The summed E-state index contributed by atoms with van der Waals surface area (Å²) in [6.07, 6.45) is -1.33. The number of fused-ring (bicyclic) bond motifs is 1. The molecule has 172 valence electrons. The largest absolute Gasteiger partial charge is 0.365 e. The van der Waals surface area contributed by atoms with Crippen LogP contribution in [0.2, 0.25) is 5.02 Å². The number of rotatable bonds is 5. The molecule has 0 saturated carbocycles. The van der Waals surface area contributed by atoms with E-state index < -0.39 is 23.9 Å². The van der Waals surface area contributed by atoms with Gasteiger partial charge < -0.3 is 11.1 Å². The summed E-state index contributed by atoms with van der Waals surface area (Å²) in [6.45, 7) is 3.46. The Hall–Kier alpha value is -3.38. The SMILES string of the molecule is Cc1c(-c2cc(C(F)F)nc3sc(C(N)=O)c(NC(=O)c4nn(C)c(C)c4Cl)c23)cnn1C. The Morgan fingerprint density at radius 2 is 1.88 bits per heavy atom. The van der Waals surface area contributed by atoms with Crippen LogP contribution in [-0.2, 0) is 14.1 Å². The normalized spacial score (nSPS) is 11.5. The van der Waals surface area contributed by atoms with Crippen molar-refractivity contribution < 1.29 is 18.4 Å². The summed E-state index contributed by atoms with van der Waals surface area (Å²) in [5.74, 6) is -1.53. The first-order valence-electron chi connectivity index (χ1n) is 9.56. The Kier molecular flexibility index (Phi) is 5.66. The summed E-state index contributed by atoms with van der Waals surface area (Å²) < 4.78 is 30.3. The Morgan fingerprint density at radius 1 is 1.18 bits per heavy atom. The van der Waals surface area contributed by atoms with Gasteiger partial charge in [0.15, 0.2) is 5.69 Å². The minimum Gasteiger partial charge on any atom is -0.365 e.